The van der Waals surface area contributed by atoms with Gasteiger partial charge in [-0.3, -0.25) is 0 Å². The summed E-state index contributed by atoms with van der Waals surface area (Å²) in [5.74, 6) is 2.67. The van der Waals surface area contributed by atoms with Crippen molar-refractivity contribution in [2.45, 2.75) is 18.9 Å². The number of hydrogen-bond donors (Lipinski definition) is 2. The van der Waals surface area contributed by atoms with Gasteiger partial charge >= 0.3 is 0 Å². The highest BCUT2D eigenvalue weighted by molar-refractivity contribution is 5.72. The van der Waals surface area contributed by atoms with Crippen LogP contribution in [0, 0.1) is 0 Å². The van der Waals surface area contributed by atoms with E-state index in [-0.39, 0.29) is 6.10 Å². The Hall–Kier alpha value is -3.63. The third-order valence-corrected chi connectivity index (χ3v) is 6.26. The van der Waals surface area contributed by atoms with Crippen LogP contribution in [-0.4, -0.2) is 87.6 Å². The molecule has 37 heavy (non-hydrogen) atoms. The van der Waals surface area contributed by atoms with Crippen molar-refractivity contribution in [1.82, 2.24) is 19.9 Å². The average Bonchev–Trinajstić information content (AvgIpc) is 2.92. The molecular weight excluding hydrogens is 470 g/mol. The lowest BCUT2D eigenvalue weighted by molar-refractivity contribution is 0.0258. The van der Waals surface area contributed by atoms with Gasteiger partial charge in [0.15, 0.2) is 0 Å². The zero-order valence-corrected chi connectivity index (χ0v) is 22.3. The maximum absolute atomic E-state index is 6.23. The Bertz CT molecular complexity index is 1170. The lowest BCUT2D eigenvalue weighted by Crippen LogP contribution is -2.28. The second-order valence-electron chi connectivity index (χ2n) is 9.25. The first-order chi connectivity index (χ1) is 18.0. The molecule has 10 heteroatoms. The van der Waals surface area contributed by atoms with Gasteiger partial charge in [0.25, 0.3) is 0 Å². The van der Waals surface area contributed by atoms with Gasteiger partial charge in [0.05, 0.1) is 37.4 Å². The molecule has 0 saturated carbocycles. The number of aromatic nitrogens is 3. The summed E-state index contributed by atoms with van der Waals surface area (Å²) in [5, 5.41) is 6.52. The van der Waals surface area contributed by atoms with Crippen molar-refractivity contribution in [2.75, 3.05) is 77.1 Å². The van der Waals surface area contributed by atoms with Crippen LogP contribution < -0.4 is 25.0 Å². The molecule has 0 atom stereocenters. The molecule has 0 bridgehead atoms. The van der Waals surface area contributed by atoms with Gasteiger partial charge in [0.2, 0.25) is 5.88 Å². The quantitative estimate of drug-likeness (QED) is 0.398. The van der Waals surface area contributed by atoms with Crippen molar-refractivity contribution in [3.63, 3.8) is 0 Å². The molecule has 1 aliphatic rings. The standard InChI is InChI=1S/C27H37N7O3/c1-28-22-16-19(6-8-24(22)37-20-10-14-36-15-11-20)21-17-26(30-18-29-21)31-25-9-7-23(27(32-25)35-5)34(4)13-12-33(2)3/h6-9,16-18,20,28H,10-15H2,1-5H3,(H,29,30,31,32). The van der Waals surface area contributed by atoms with Crippen LogP contribution in [0.3, 0.4) is 0 Å². The van der Waals surface area contributed by atoms with Crippen LogP contribution in [0.4, 0.5) is 23.0 Å². The predicted octanol–water partition coefficient (Wildman–Crippen LogP) is 3.89. The number of methoxy groups -OCH3 is 1. The normalized spacial score (nSPS) is 13.9. The number of nitrogens with zero attached hydrogens (tertiary/aromatic N) is 5. The average molecular weight is 508 g/mol. The van der Waals surface area contributed by atoms with Crippen LogP contribution in [0.2, 0.25) is 0 Å². The molecule has 1 fully saturated rings. The number of ether oxygens (including phenoxy) is 3. The number of benzene rings is 1. The van der Waals surface area contributed by atoms with E-state index in [4.69, 9.17) is 14.2 Å². The molecule has 10 nitrogen and oxygen atoms in total. The summed E-state index contributed by atoms with van der Waals surface area (Å²) in [6, 6.07) is 11.9. The zero-order valence-electron chi connectivity index (χ0n) is 22.3. The van der Waals surface area contributed by atoms with Crippen LogP contribution in [0.15, 0.2) is 42.7 Å². The van der Waals surface area contributed by atoms with E-state index in [0.29, 0.717) is 17.5 Å². The summed E-state index contributed by atoms with van der Waals surface area (Å²) in [7, 11) is 9.67. The highest BCUT2D eigenvalue weighted by Gasteiger charge is 2.17. The monoisotopic (exact) mass is 507 g/mol. The maximum Gasteiger partial charge on any atom is 0.239 e. The smallest absolute Gasteiger partial charge is 0.239 e. The minimum absolute atomic E-state index is 0.171. The Balaban J connectivity index is 1.49. The lowest BCUT2D eigenvalue weighted by Gasteiger charge is -2.24. The number of anilines is 4. The van der Waals surface area contributed by atoms with Gasteiger partial charge in [-0.15, -0.1) is 0 Å². The van der Waals surface area contributed by atoms with Gasteiger partial charge in [-0.1, -0.05) is 0 Å². The molecule has 0 unspecified atom stereocenters. The fraction of sp³-hybridized carbons (Fsp3) is 0.444. The number of rotatable bonds is 11. The summed E-state index contributed by atoms with van der Waals surface area (Å²) >= 11 is 0. The van der Waals surface area contributed by atoms with Crippen molar-refractivity contribution < 1.29 is 14.2 Å². The molecule has 198 valence electrons. The van der Waals surface area contributed by atoms with Crippen LogP contribution in [0.5, 0.6) is 11.6 Å². The van der Waals surface area contributed by atoms with Crippen LogP contribution in [0.1, 0.15) is 12.8 Å². The molecule has 1 aromatic carbocycles. The van der Waals surface area contributed by atoms with Crippen molar-refractivity contribution in [3.8, 4) is 22.9 Å². The summed E-state index contributed by atoms with van der Waals surface area (Å²) in [5.41, 5.74) is 3.59. The minimum atomic E-state index is 0.171. The van der Waals surface area contributed by atoms with E-state index in [9.17, 15) is 0 Å². The van der Waals surface area contributed by atoms with Gasteiger partial charge in [-0.2, -0.15) is 4.98 Å². The summed E-state index contributed by atoms with van der Waals surface area (Å²) in [6.07, 6.45) is 3.52. The van der Waals surface area contributed by atoms with Gasteiger partial charge in [0.1, 0.15) is 29.8 Å². The molecule has 1 aliphatic heterocycles. The van der Waals surface area contributed by atoms with Crippen LogP contribution in [-0.2, 0) is 4.74 Å². The van der Waals surface area contributed by atoms with E-state index in [0.717, 1.165) is 67.5 Å². The van der Waals surface area contributed by atoms with Crippen LogP contribution in [0.25, 0.3) is 11.3 Å². The number of hydrogen-bond acceptors (Lipinski definition) is 10. The highest BCUT2D eigenvalue weighted by atomic mass is 16.5. The Morgan fingerprint density at radius 3 is 2.54 bits per heavy atom. The molecule has 2 N–H and O–H groups in total. The number of nitrogens with one attached hydrogen (secondary N) is 2. The molecule has 0 amide bonds. The maximum atomic E-state index is 6.23. The number of likely N-dealkylation sites (N-methyl/N-ethyl adjacent to an activating group) is 2. The second-order valence-corrected chi connectivity index (χ2v) is 9.25. The molecule has 3 heterocycles. The summed E-state index contributed by atoms with van der Waals surface area (Å²) in [4.78, 5) is 17.8. The molecular formula is C27H37N7O3. The molecule has 4 rings (SSSR count). The van der Waals surface area contributed by atoms with Crippen molar-refractivity contribution in [1.29, 1.82) is 0 Å². The van der Waals surface area contributed by atoms with E-state index in [1.54, 1.807) is 13.4 Å². The van der Waals surface area contributed by atoms with Crippen molar-refractivity contribution in [2.24, 2.45) is 0 Å². The Labute approximate surface area is 219 Å². The highest BCUT2D eigenvalue weighted by Crippen LogP contribution is 2.33. The largest absolute Gasteiger partial charge is 0.488 e. The Kier molecular flexibility index (Phi) is 8.97. The van der Waals surface area contributed by atoms with Gasteiger partial charge in [-0.05, 0) is 44.4 Å². The minimum Gasteiger partial charge on any atom is -0.488 e. The van der Waals surface area contributed by atoms with Crippen LogP contribution >= 0.6 is 0 Å². The molecule has 1 saturated heterocycles. The lowest BCUT2D eigenvalue weighted by atomic mass is 10.1. The zero-order chi connectivity index (χ0) is 26.2. The van der Waals surface area contributed by atoms with E-state index < -0.39 is 0 Å². The van der Waals surface area contributed by atoms with E-state index in [1.165, 1.54) is 0 Å². The van der Waals surface area contributed by atoms with E-state index in [1.807, 2.05) is 50.5 Å². The van der Waals surface area contributed by atoms with Crippen molar-refractivity contribution >= 4 is 23.0 Å². The number of pyridine rings is 1. The molecule has 0 aliphatic carbocycles. The Morgan fingerprint density at radius 1 is 1.00 bits per heavy atom. The Morgan fingerprint density at radius 2 is 1.81 bits per heavy atom. The van der Waals surface area contributed by atoms with Gasteiger partial charge < -0.3 is 34.6 Å². The summed E-state index contributed by atoms with van der Waals surface area (Å²) in [6.45, 7) is 3.28. The third kappa shape index (κ3) is 6.99. The first-order valence-electron chi connectivity index (χ1n) is 12.5. The first-order valence-corrected chi connectivity index (χ1v) is 12.5. The SMILES string of the molecule is CNc1cc(-c2cc(Nc3ccc(N(C)CCN(C)C)c(OC)n3)ncn2)ccc1OC1CCOCC1. The van der Waals surface area contributed by atoms with E-state index in [2.05, 4.69) is 49.5 Å². The van der Waals surface area contributed by atoms with Gasteiger partial charge in [0, 0.05) is 51.7 Å². The predicted molar refractivity (Wildman–Crippen MR) is 147 cm³/mol. The topological polar surface area (TPSA) is 96.9 Å². The molecule has 0 spiro atoms. The molecule has 3 aromatic rings. The van der Waals surface area contributed by atoms with Gasteiger partial charge in [-0.25, -0.2) is 9.97 Å². The first kappa shape index (κ1) is 26.4. The molecule has 2 aromatic heterocycles. The van der Waals surface area contributed by atoms with E-state index >= 15 is 0 Å². The fourth-order valence-electron chi connectivity index (χ4n) is 4.09. The third-order valence-electron chi connectivity index (χ3n) is 6.26. The van der Waals surface area contributed by atoms with Crippen molar-refractivity contribution in [3.05, 3.63) is 42.7 Å². The fourth-order valence-corrected chi connectivity index (χ4v) is 4.09. The molecule has 0 radical (unpaired) electrons. The summed E-state index contributed by atoms with van der Waals surface area (Å²) < 4.78 is 17.2. The second kappa shape index (κ2) is 12.6.